The van der Waals surface area contributed by atoms with Crippen LogP contribution in [0.3, 0.4) is 0 Å². The first-order valence-electron chi connectivity index (χ1n) is 9.25. The highest BCUT2D eigenvalue weighted by atomic mass is 35.5. The van der Waals surface area contributed by atoms with Gasteiger partial charge in [-0.3, -0.25) is 9.88 Å². The average Bonchev–Trinajstić information content (AvgIpc) is 3.27. The maximum atomic E-state index is 6.07. The Hall–Kier alpha value is -0.940. The number of hydrogen-bond acceptors (Lipinski definition) is 4. The SMILES string of the molecule is Cc1nc([C@@H]2CN(CC3CCCC3)CCO2)ccc1-c1cc(Cl)cs1. The zero-order valence-corrected chi connectivity index (χ0v) is 16.3. The molecule has 1 saturated heterocycles. The molecule has 0 unspecified atom stereocenters. The lowest BCUT2D eigenvalue weighted by atomic mass is 10.1. The third-order valence-electron chi connectivity index (χ3n) is 5.41. The largest absolute Gasteiger partial charge is 0.369 e. The van der Waals surface area contributed by atoms with Crippen molar-refractivity contribution in [3.63, 3.8) is 0 Å². The number of halogens is 1. The Morgan fingerprint density at radius 1 is 1.32 bits per heavy atom. The van der Waals surface area contributed by atoms with E-state index in [1.54, 1.807) is 11.3 Å². The number of ether oxygens (including phenoxy) is 1. The van der Waals surface area contributed by atoms with Crippen molar-refractivity contribution in [3.8, 4) is 10.4 Å². The Balaban J connectivity index is 1.46. The maximum absolute atomic E-state index is 6.07. The summed E-state index contributed by atoms with van der Waals surface area (Å²) >= 11 is 7.73. The van der Waals surface area contributed by atoms with Crippen LogP contribution in [0.4, 0.5) is 0 Å². The number of nitrogens with zero attached hydrogens (tertiary/aromatic N) is 2. The monoisotopic (exact) mass is 376 g/mol. The standard InChI is InChI=1S/C20H25ClN2OS/c1-14-17(20-10-16(21)13-25-20)6-7-18(22-14)19-12-23(8-9-24-19)11-15-4-2-3-5-15/h6-7,10,13,15,19H,2-5,8-9,11-12H2,1H3/t19-/m0/s1. The highest BCUT2D eigenvalue weighted by Gasteiger charge is 2.26. The molecule has 4 rings (SSSR count). The van der Waals surface area contributed by atoms with Crippen molar-refractivity contribution in [3.05, 3.63) is 40.0 Å². The normalized spacial score (nSPS) is 22.6. The van der Waals surface area contributed by atoms with Gasteiger partial charge in [0.05, 0.1) is 17.3 Å². The molecular weight excluding hydrogens is 352 g/mol. The number of thiophene rings is 1. The molecule has 0 radical (unpaired) electrons. The van der Waals surface area contributed by atoms with Gasteiger partial charge in [-0.25, -0.2) is 0 Å². The molecule has 3 nitrogen and oxygen atoms in total. The van der Waals surface area contributed by atoms with Crippen LogP contribution in [0.15, 0.2) is 23.6 Å². The molecule has 0 aromatic carbocycles. The fourth-order valence-electron chi connectivity index (χ4n) is 4.08. The molecule has 1 saturated carbocycles. The van der Waals surface area contributed by atoms with Crippen LogP contribution in [0.5, 0.6) is 0 Å². The van der Waals surface area contributed by atoms with Gasteiger partial charge in [-0.1, -0.05) is 24.4 Å². The van der Waals surface area contributed by atoms with Crippen molar-refractivity contribution < 1.29 is 4.74 Å². The Bertz CT molecular complexity index is 726. The Labute approximate surface area is 159 Å². The van der Waals surface area contributed by atoms with E-state index in [4.69, 9.17) is 21.3 Å². The van der Waals surface area contributed by atoms with Crippen molar-refractivity contribution in [1.82, 2.24) is 9.88 Å². The molecule has 1 aliphatic heterocycles. The van der Waals surface area contributed by atoms with Gasteiger partial charge >= 0.3 is 0 Å². The van der Waals surface area contributed by atoms with E-state index in [0.29, 0.717) is 0 Å². The first kappa shape index (κ1) is 17.5. The molecule has 2 aromatic rings. The second-order valence-electron chi connectivity index (χ2n) is 7.27. The highest BCUT2D eigenvalue weighted by Crippen LogP contribution is 2.33. The van der Waals surface area contributed by atoms with Crippen molar-refractivity contribution in [1.29, 1.82) is 0 Å². The van der Waals surface area contributed by atoms with Crippen LogP contribution in [-0.4, -0.2) is 36.1 Å². The molecule has 2 fully saturated rings. The summed E-state index contributed by atoms with van der Waals surface area (Å²) in [5, 5.41) is 2.76. The van der Waals surface area contributed by atoms with Crippen LogP contribution in [0, 0.1) is 12.8 Å². The summed E-state index contributed by atoms with van der Waals surface area (Å²) < 4.78 is 6.04. The van der Waals surface area contributed by atoms with Gasteiger partial charge in [0.25, 0.3) is 0 Å². The fraction of sp³-hybridized carbons (Fsp3) is 0.550. The van der Waals surface area contributed by atoms with Gasteiger partial charge in [-0.15, -0.1) is 11.3 Å². The zero-order chi connectivity index (χ0) is 17.2. The van der Waals surface area contributed by atoms with Gasteiger partial charge in [0.15, 0.2) is 0 Å². The number of morpholine rings is 1. The van der Waals surface area contributed by atoms with Crippen molar-refractivity contribution >= 4 is 22.9 Å². The second kappa shape index (κ2) is 7.75. The van der Waals surface area contributed by atoms with Crippen molar-refractivity contribution in [2.24, 2.45) is 5.92 Å². The van der Waals surface area contributed by atoms with E-state index in [1.807, 2.05) is 11.4 Å². The summed E-state index contributed by atoms with van der Waals surface area (Å²) in [6, 6.07) is 6.30. The second-order valence-corrected chi connectivity index (χ2v) is 8.62. The first-order valence-corrected chi connectivity index (χ1v) is 10.5. The summed E-state index contributed by atoms with van der Waals surface area (Å²) in [5.74, 6) is 0.888. The first-order chi connectivity index (χ1) is 12.2. The van der Waals surface area contributed by atoms with Gasteiger partial charge in [0, 0.05) is 41.1 Å². The van der Waals surface area contributed by atoms with E-state index in [2.05, 4.69) is 24.0 Å². The molecule has 3 heterocycles. The van der Waals surface area contributed by atoms with Crippen LogP contribution in [0.1, 0.15) is 43.2 Å². The highest BCUT2D eigenvalue weighted by molar-refractivity contribution is 7.14. The third-order valence-corrected chi connectivity index (χ3v) is 6.72. The van der Waals surface area contributed by atoms with Crippen LogP contribution < -0.4 is 0 Å². The molecule has 0 spiro atoms. The Kier molecular flexibility index (Phi) is 5.41. The molecule has 134 valence electrons. The van der Waals surface area contributed by atoms with Gasteiger partial charge in [-0.2, -0.15) is 0 Å². The van der Waals surface area contributed by atoms with Crippen LogP contribution >= 0.6 is 22.9 Å². The van der Waals surface area contributed by atoms with E-state index in [-0.39, 0.29) is 6.10 Å². The average molecular weight is 377 g/mol. The molecule has 1 atom stereocenters. The van der Waals surface area contributed by atoms with E-state index in [1.165, 1.54) is 42.7 Å². The number of hydrogen-bond donors (Lipinski definition) is 0. The van der Waals surface area contributed by atoms with Crippen molar-refractivity contribution in [2.45, 2.75) is 38.7 Å². The molecule has 0 amide bonds. The summed E-state index contributed by atoms with van der Waals surface area (Å²) in [5.41, 5.74) is 3.27. The topological polar surface area (TPSA) is 25.4 Å². The molecule has 25 heavy (non-hydrogen) atoms. The van der Waals surface area contributed by atoms with E-state index >= 15 is 0 Å². The minimum atomic E-state index is 0.0924. The van der Waals surface area contributed by atoms with Crippen LogP contribution in [0.2, 0.25) is 5.02 Å². The number of aryl methyl sites for hydroxylation is 1. The quantitative estimate of drug-likeness (QED) is 0.720. The predicted octanol–water partition coefficient (Wildman–Crippen LogP) is 5.34. The molecule has 5 heteroatoms. The summed E-state index contributed by atoms with van der Waals surface area (Å²) in [6.07, 6.45) is 5.71. The third kappa shape index (κ3) is 4.08. The van der Waals surface area contributed by atoms with E-state index in [9.17, 15) is 0 Å². The molecular formula is C20H25ClN2OS. The van der Waals surface area contributed by atoms with Gasteiger partial charge < -0.3 is 4.74 Å². The number of rotatable bonds is 4. The maximum Gasteiger partial charge on any atom is 0.112 e. The Morgan fingerprint density at radius 3 is 2.88 bits per heavy atom. The lowest BCUT2D eigenvalue weighted by Gasteiger charge is -2.34. The smallest absolute Gasteiger partial charge is 0.112 e. The molecule has 0 bridgehead atoms. The van der Waals surface area contributed by atoms with E-state index < -0.39 is 0 Å². The molecule has 0 N–H and O–H groups in total. The van der Waals surface area contributed by atoms with Crippen LogP contribution in [-0.2, 0) is 4.74 Å². The number of aromatic nitrogens is 1. The fourth-order valence-corrected chi connectivity index (χ4v) is 5.23. The van der Waals surface area contributed by atoms with Gasteiger partial charge in [0.1, 0.15) is 6.10 Å². The lowest BCUT2D eigenvalue weighted by molar-refractivity contribution is -0.0363. The summed E-state index contributed by atoms with van der Waals surface area (Å²) in [7, 11) is 0. The Morgan fingerprint density at radius 2 is 2.16 bits per heavy atom. The predicted molar refractivity (Wildman–Crippen MR) is 104 cm³/mol. The molecule has 2 aliphatic rings. The molecule has 2 aromatic heterocycles. The summed E-state index contributed by atoms with van der Waals surface area (Å²) in [6.45, 7) is 6.13. The van der Waals surface area contributed by atoms with Gasteiger partial charge in [-0.05, 0) is 43.9 Å². The summed E-state index contributed by atoms with van der Waals surface area (Å²) in [4.78, 5) is 8.61. The minimum Gasteiger partial charge on any atom is -0.369 e. The van der Waals surface area contributed by atoms with E-state index in [0.717, 1.165) is 42.0 Å². The van der Waals surface area contributed by atoms with Crippen LogP contribution in [0.25, 0.3) is 10.4 Å². The lowest BCUT2D eigenvalue weighted by Crippen LogP contribution is -2.40. The van der Waals surface area contributed by atoms with Crippen molar-refractivity contribution in [2.75, 3.05) is 26.2 Å². The number of pyridine rings is 1. The van der Waals surface area contributed by atoms with Gasteiger partial charge in [0.2, 0.25) is 0 Å². The molecule has 1 aliphatic carbocycles. The minimum absolute atomic E-state index is 0.0924. The zero-order valence-electron chi connectivity index (χ0n) is 14.7.